The Balaban J connectivity index is 1.76. The van der Waals surface area contributed by atoms with E-state index in [0.717, 1.165) is 24.5 Å². The summed E-state index contributed by atoms with van der Waals surface area (Å²) in [4.78, 5) is 12.4. The maximum Gasteiger partial charge on any atom is 0.276 e. The van der Waals surface area contributed by atoms with Crippen molar-refractivity contribution in [2.24, 2.45) is 22.4 Å². The molecule has 7 nitrogen and oxygen atoms in total. The molecule has 1 fully saturated rings. The molecule has 4 rings (SSSR count). The highest BCUT2D eigenvalue weighted by Gasteiger charge is 2.50. The minimum atomic E-state index is -3.95. The van der Waals surface area contributed by atoms with E-state index in [1.807, 2.05) is 0 Å². The summed E-state index contributed by atoms with van der Waals surface area (Å²) in [5.41, 5.74) is 1.45. The molecular formula is C17H21N3O4S. The topological polar surface area (TPSA) is 102 Å². The van der Waals surface area contributed by atoms with Crippen molar-refractivity contribution >= 4 is 21.9 Å². The van der Waals surface area contributed by atoms with E-state index in [1.54, 1.807) is 13.1 Å². The number of nitro benzene ring substituents is 1. The van der Waals surface area contributed by atoms with E-state index in [4.69, 9.17) is 0 Å². The molecule has 0 saturated heterocycles. The number of nitrogens with one attached hydrogen (secondary N) is 1. The van der Waals surface area contributed by atoms with Gasteiger partial charge in [0.2, 0.25) is 0 Å². The van der Waals surface area contributed by atoms with Crippen molar-refractivity contribution in [1.29, 1.82) is 0 Å². The van der Waals surface area contributed by atoms with E-state index in [0.29, 0.717) is 17.4 Å². The van der Waals surface area contributed by atoms with Crippen molar-refractivity contribution in [2.75, 3.05) is 0 Å². The fraction of sp³-hybridized carbons (Fsp3) is 0.471. The van der Waals surface area contributed by atoms with Crippen molar-refractivity contribution in [3.63, 3.8) is 0 Å². The van der Waals surface area contributed by atoms with Crippen LogP contribution >= 0.6 is 0 Å². The highest BCUT2D eigenvalue weighted by molar-refractivity contribution is 7.89. The van der Waals surface area contributed by atoms with Gasteiger partial charge in [-0.2, -0.15) is 13.5 Å². The van der Waals surface area contributed by atoms with Crippen LogP contribution in [-0.4, -0.2) is 19.6 Å². The van der Waals surface area contributed by atoms with Crippen molar-refractivity contribution in [3.8, 4) is 0 Å². The third-order valence-electron chi connectivity index (χ3n) is 5.59. The number of rotatable bonds is 5. The molecule has 3 aliphatic rings. The molecule has 1 saturated carbocycles. The molecule has 0 aromatic heterocycles. The molecule has 0 radical (unpaired) electrons. The Hall–Kier alpha value is -2.22. The summed E-state index contributed by atoms with van der Waals surface area (Å²) in [5.74, 6) is 1.10. The summed E-state index contributed by atoms with van der Waals surface area (Å²) in [6.07, 6.45) is 5.77. The van der Waals surface area contributed by atoms with Gasteiger partial charge in [-0.15, -0.1) is 0 Å². The number of aryl methyl sites for hydroxylation is 1. The third-order valence-corrected chi connectivity index (χ3v) is 6.81. The highest BCUT2D eigenvalue weighted by atomic mass is 32.2. The van der Waals surface area contributed by atoms with Crippen LogP contribution in [0.15, 0.2) is 39.8 Å². The lowest BCUT2D eigenvalue weighted by atomic mass is 9.49. The molecule has 0 amide bonds. The fourth-order valence-corrected chi connectivity index (χ4v) is 4.53. The van der Waals surface area contributed by atoms with Crippen LogP contribution in [0.25, 0.3) is 0 Å². The van der Waals surface area contributed by atoms with Gasteiger partial charge in [-0.25, -0.2) is 4.83 Å². The van der Waals surface area contributed by atoms with E-state index >= 15 is 0 Å². The molecule has 8 heteroatoms. The highest BCUT2D eigenvalue weighted by Crippen LogP contribution is 2.58. The predicted molar refractivity (Wildman–Crippen MR) is 94.7 cm³/mol. The SMILES string of the molecule is Cc1ccc(S(=O)(=O)N/N=C/C2=CCC3CC2C3(C)C)cc1[N+](=O)[O-]. The van der Waals surface area contributed by atoms with Gasteiger partial charge in [0.05, 0.1) is 16.0 Å². The fourth-order valence-electron chi connectivity index (χ4n) is 3.72. The Kier molecular flexibility index (Phi) is 4.18. The molecule has 2 unspecified atom stereocenters. The first-order chi connectivity index (χ1) is 11.6. The Morgan fingerprint density at radius 3 is 2.72 bits per heavy atom. The first-order valence-corrected chi connectivity index (χ1v) is 9.61. The van der Waals surface area contributed by atoms with Gasteiger partial charge in [0.25, 0.3) is 15.7 Å². The molecule has 1 aromatic rings. The first-order valence-electron chi connectivity index (χ1n) is 8.13. The number of benzene rings is 1. The summed E-state index contributed by atoms with van der Waals surface area (Å²) in [6, 6.07) is 3.80. The predicted octanol–water partition coefficient (Wildman–Crippen LogP) is 3.16. The number of hydrogen-bond donors (Lipinski definition) is 1. The van der Waals surface area contributed by atoms with E-state index in [1.165, 1.54) is 12.1 Å². The summed E-state index contributed by atoms with van der Waals surface area (Å²) < 4.78 is 24.6. The summed E-state index contributed by atoms with van der Waals surface area (Å²) in [7, 11) is -3.95. The zero-order valence-electron chi connectivity index (χ0n) is 14.4. The van der Waals surface area contributed by atoms with Crippen LogP contribution < -0.4 is 4.83 Å². The van der Waals surface area contributed by atoms with Gasteiger partial charge in [0, 0.05) is 11.6 Å². The van der Waals surface area contributed by atoms with Gasteiger partial charge in [0.1, 0.15) is 0 Å². The summed E-state index contributed by atoms with van der Waals surface area (Å²) in [5, 5.41) is 14.9. The second kappa shape index (κ2) is 5.94. The Labute approximate surface area is 147 Å². The normalized spacial score (nSPS) is 24.5. The first kappa shape index (κ1) is 17.6. The molecule has 25 heavy (non-hydrogen) atoms. The molecule has 1 N–H and O–H groups in total. The Morgan fingerprint density at radius 1 is 1.40 bits per heavy atom. The minimum Gasteiger partial charge on any atom is -0.258 e. The van der Waals surface area contributed by atoms with E-state index < -0.39 is 14.9 Å². The average Bonchev–Trinajstić information content (AvgIpc) is 2.54. The number of hydrogen-bond acceptors (Lipinski definition) is 5. The maximum atomic E-state index is 12.3. The number of fused-ring (bicyclic) bond motifs is 1. The van der Waals surface area contributed by atoms with Crippen LogP contribution in [0.2, 0.25) is 0 Å². The Bertz CT molecular complexity index is 887. The number of hydrazone groups is 1. The monoisotopic (exact) mass is 363 g/mol. The second-order valence-electron chi connectivity index (χ2n) is 7.30. The van der Waals surface area contributed by atoms with Crippen LogP contribution in [0.1, 0.15) is 32.3 Å². The summed E-state index contributed by atoms with van der Waals surface area (Å²) >= 11 is 0. The largest absolute Gasteiger partial charge is 0.276 e. The van der Waals surface area contributed by atoms with Crippen molar-refractivity contribution in [2.45, 2.75) is 38.5 Å². The smallest absolute Gasteiger partial charge is 0.258 e. The third kappa shape index (κ3) is 3.06. The molecule has 3 aliphatic carbocycles. The van der Waals surface area contributed by atoms with Gasteiger partial charge >= 0.3 is 0 Å². The van der Waals surface area contributed by atoms with Gasteiger partial charge in [0.15, 0.2) is 0 Å². The van der Waals surface area contributed by atoms with E-state index in [2.05, 4.69) is 29.9 Å². The average molecular weight is 363 g/mol. The lowest BCUT2D eigenvalue weighted by molar-refractivity contribution is -0.385. The van der Waals surface area contributed by atoms with Crippen LogP contribution in [0.3, 0.4) is 0 Å². The number of sulfonamides is 1. The maximum absolute atomic E-state index is 12.3. The van der Waals surface area contributed by atoms with Crippen molar-refractivity contribution in [1.82, 2.24) is 4.83 Å². The van der Waals surface area contributed by atoms with E-state index in [9.17, 15) is 18.5 Å². The molecule has 2 atom stereocenters. The van der Waals surface area contributed by atoms with E-state index in [-0.39, 0.29) is 16.0 Å². The minimum absolute atomic E-state index is 0.177. The standard InChI is InChI=1S/C17H21N3O4S/c1-11-4-7-14(9-16(11)20(21)22)25(23,24)19-18-10-12-5-6-13-8-15(12)17(13,2)3/h4-5,7,9-10,13,15,19H,6,8H2,1-3H3/b18-10+. The zero-order chi connectivity index (χ0) is 18.4. The molecule has 0 aliphatic heterocycles. The molecule has 134 valence electrons. The van der Waals surface area contributed by atoms with Gasteiger partial charge in [-0.1, -0.05) is 26.0 Å². The van der Waals surface area contributed by atoms with Gasteiger partial charge in [-0.3, -0.25) is 10.1 Å². The van der Waals surface area contributed by atoms with Gasteiger partial charge in [-0.05, 0) is 48.7 Å². The molecule has 0 spiro atoms. The molecule has 2 bridgehead atoms. The van der Waals surface area contributed by atoms with Crippen LogP contribution in [0.5, 0.6) is 0 Å². The molecule has 0 heterocycles. The molecular weight excluding hydrogens is 342 g/mol. The van der Waals surface area contributed by atoms with Crippen LogP contribution in [0.4, 0.5) is 5.69 Å². The number of nitro groups is 1. The molecule has 1 aromatic carbocycles. The Morgan fingerprint density at radius 2 is 2.12 bits per heavy atom. The summed E-state index contributed by atoms with van der Waals surface area (Å²) in [6.45, 7) is 6.01. The quantitative estimate of drug-likeness (QED) is 0.493. The van der Waals surface area contributed by atoms with Crippen molar-refractivity contribution < 1.29 is 13.3 Å². The second-order valence-corrected chi connectivity index (χ2v) is 8.97. The number of nitrogens with zero attached hydrogens (tertiary/aromatic N) is 2. The number of allylic oxidation sites excluding steroid dienone is 2. The van der Waals surface area contributed by atoms with Crippen LogP contribution in [-0.2, 0) is 10.0 Å². The lowest BCUT2D eigenvalue weighted by Crippen LogP contribution is -2.48. The van der Waals surface area contributed by atoms with Gasteiger partial charge < -0.3 is 0 Å². The lowest BCUT2D eigenvalue weighted by Gasteiger charge is -2.55. The zero-order valence-corrected chi connectivity index (χ0v) is 15.2. The van der Waals surface area contributed by atoms with Crippen LogP contribution in [0, 0.1) is 34.3 Å². The van der Waals surface area contributed by atoms with Crippen molar-refractivity contribution in [3.05, 3.63) is 45.5 Å².